The standard InChI is InChI=1S/C10H7ClN4/c1-6-13-14-10-9-4-8(11)3-2-7(9)5-12-15(6)10/h2-5H,1H3. The first-order valence-electron chi connectivity index (χ1n) is 4.52. The van der Waals surface area contributed by atoms with E-state index in [1.807, 2.05) is 25.1 Å². The smallest absolute Gasteiger partial charge is 0.185 e. The topological polar surface area (TPSA) is 43.1 Å². The SMILES string of the molecule is Cc1nnc2c3cc(Cl)ccc3cnn12. The lowest BCUT2D eigenvalue weighted by molar-refractivity contribution is 0.881. The largest absolute Gasteiger partial charge is 0.197 e. The molecule has 0 amide bonds. The van der Waals surface area contributed by atoms with Gasteiger partial charge >= 0.3 is 0 Å². The van der Waals surface area contributed by atoms with Crippen LogP contribution in [-0.2, 0) is 0 Å². The molecule has 74 valence electrons. The minimum atomic E-state index is 0.691. The second-order valence-corrected chi connectivity index (χ2v) is 3.80. The number of benzene rings is 1. The van der Waals surface area contributed by atoms with E-state index in [0.717, 1.165) is 22.2 Å². The quantitative estimate of drug-likeness (QED) is 0.581. The van der Waals surface area contributed by atoms with Gasteiger partial charge in [-0.05, 0) is 19.1 Å². The number of aromatic nitrogens is 4. The van der Waals surface area contributed by atoms with Crippen LogP contribution in [0.25, 0.3) is 16.4 Å². The predicted octanol–water partition coefficient (Wildman–Crippen LogP) is 2.24. The van der Waals surface area contributed by atoms with E-state index in [9.17, 15) is 0 Å². The first-order chi connectivity index (χ1) is 7.25. The predicted molar refractivity (Wildman–Crippen MR) is 58.0 cm³/mol. The average Bonchev–Trinajstić information content (AvgIpc) is 2.61. The van der Waals surface area contributed by atoms with Crippen molar-refractivity contribution in [3.8, 4) is 0 Å². The van der Waals surface area contributed by atoms with Crippen LogP contribution in [0.4, 0.5) is 0 Å². The van der Waals surface area contributed by atoms with Gasteiger partial charge in [0.05, 0.1) is 6.20 Å². The Morgan fingerprint density at radius 3 is 3.00 bits per heavy atom. The van der Waals surface area contributed by atoms with Crippen molar-refractivity contribution in [1.82, 2.24) is 19.8 Å². The average molecular weight is 219 g/mol. The van der Waals surface area contributed by atoms with E-state index in [2.05, 4.69) is 15.3 Å². The Morgan fingerprint density at radius 2 is 2.13 bits per heavy atom. The van der Waals surface area contributed by atoms with Crippen LogP contribution in [0.5, 0.6) is 0 Å². The van der Waals surface area contributed by atoms with Gasteiger partial charge in [0.2, 0.25) is 0 Å². The molecule has 3 aromatic rings. The first-order valence-corrected chi connectivity index (χ1v) is 4.90. The zero-order valence-corrected chi connectivity index (χ0v) is 8.73. The van der Waals surface area contributed by atoms with Crippen molar-refractivity contribution in [2.75, 3.05) is 0 Å². The molecule has 0 bridgehead atoms. The molecule has 0 atom stereocenters. The monoisotopic (exact) mass is 218 g/mol. The maximum absolute atomic E-state index is 5.95. The third kappa shape index (κ3) is 1.18. The summed E-state index contributed by atoms with van der Waals surface area (Å²) in [5.74, 6) is 0.770. The fraction of sp³-hybridized carbons (Fsp3) is 0.100. The van der Waals surface area contributed by atoms with Crippen LogP contribution >= 0.6 is 11.6 Å². The molecule has 5 heteroatoms. The van der Waals surface area contributed by atoms with Crippen LogP contribution < -0.4 is 0 Å². The molecule has 0 saturated carbocycles. The molecule has 0 radical (unpaired) electrons. The zero-order valence-electron chi connectivity index (χ0n) is 7.98. The zero-order chi connectivity index (χ0) is 10.4. The van der Waals surface area contributed by atoms with E-state index in [4.69, 9.17) is 11.6 Å². The lowest BCUT2D eigenvalue weighted by atomic mass is 10.2. The van der Waals surface area contributed by atoms with Gasteiger partial charge in [0.25, 0.3) is 0 Å². The number of fused-ring (bicyclic) bond motifs is 3. The molecule has 0 aliphatic carbocycles. The van der Waals surface area contributed by atoms with Crippen molar-refractivity contribution in [3.05, 3.63) is 35.2 Å². The van der Waals surface area contributed by atoms with Crippen LogP contribution in [0.2, 0.25) is 5.02 Å². The van der Waals surface area contributed by atoms with Crippen LogP contribution in [0.3, 0.4) is 0 Å². The van der Waals surface area contributed by atoms with Gasteiger partial charge in [0.15, 0.2) is 11.5 Å². The van der Waals surface area contributed by atoms with Gasteiger partial charge in [0.1, 0.15) is 0 Å². The van der Waals surface area contributed by atoms with E-state index < -0.39 is 0 Å². The lowest BCUT2D eigenvalue weighted by Gasteiger charge is -1.99. The van der Waals surface area contributed by atoms with Gasteiger partial charge in [-0.25, -0.2) is 0 Å². The highest BCUT2D eigenvalue weighted by atomic mass is 35.5. The van der Waals surface area contributed by atoms with Crippen molar-refractivity contribution in [1.29, 1.82) is 0 Å². The summed E-state index contributed by atoms with van der Waals surface area (Å²) >= 11 is 5.95. The Bertz CT molecular complexity index is 659. The van der Waals surface area contributed by atoms with Crippen LogP contribution in [-0.4, -0.2) is 19.8 Å². The summed E-state index contributed by atoms with van der Waals surface area (Å²) in [6.45, 7) is 1.86. The normalized spacial score (nSPS) is 11.3. The second kappa shape index (κ2) is 2.90. The van der Waals surface area contributed by atoms with Gasteiger partial charge < -0.3 is 0 Å². The van der Waals surface area contributed by atoms with Gasteiger partial charge in [-0.3, -0.25) is 0 Å². The fourth-order valence-electron chi connectivity index (χ4n) is 1.62. The maximum Gasteiger partial charge on any atom is 0.185 e. The van der Waals surface area contributed by atoms with Crippen molar-refractivity contribution in [3.63, 3.8) is 0 Å². The molecule has 2 aromatic heterocycles. The highest BCUT2D eigenvalue weighted by molar-refractivity contribution is 6.31. The maximum atomic E-state index is 5.95. The molecule has 0 fully saturated rings. The van der Waals surface area contributed by atoms with Crippen molar-refractivity contribution in [2.45, 2.75) is 6.92 Å². The summed E-state index contributed by atoms with van der Waals surface area (Å²) in [7, 11) is 0. The lowest BCUT2D eigenvalue weighted by Crippen LogP contribution is -1.94. The summed E-state index contributed by atoms with van der Waals surface area (Å²) < 4.78 is 1.71. The second-order valence-electron chi connectivity index (χ2n) is 3.36. The van der Waals surface area contributed by atoms with Gasteiger partial charge in [-0.1, -0.05) is 17.7 Å². The Labute approximate surface area is 90.5 Å². The summed E-state index contributed by atoms with van der Waals surface area (Å²) in [5.41, 5.74) is 0.743. The highest BCUT2D eigenvalue weighted by Gasteiger charge is 2.06. The van der Waals surface area contributed by atoms with Crippen molar-refractivity contribution < 1.29 is 0 Å². The van der Waals surface area contributed by atoms with Crippen LogP contribution in [0, 0.1) is 6.92 Å². The summed E-state index contributed by atoms with van der Waals surface area (Å²) in [4.78, 5) is 0. The molecule has 15 heavy (non-hydrogen) atoms. The third-order valence-corrected chi connectivity index (χ3v) is 2.60. The van der Waals surface area contributed by atoms with Gasteiger partial charge in [-0.2, -0.15) is 9.61 Å². The minimum absolute atomic E-state index is 0.691. The fourth-order valence-corrected chi connectivity index (χ4v) is 1.79. The number of hydrogen-bond donors (Lipinski definition) is 0. The highest BCUT2D eigenvalue weighted by Crippen LogP contribution is 2.21. The van der Waals surface area contributed by atoms with E-state index in [-0.39, 0.29) is 0 Å². The van der Waals surface area contributed by atoms with Gasteiger partial charge in [-0.15, -0.1) is 10.2 Å². The molecular formula is C10H7ClN4. The molecule has 0 unspecified atom stereocenters. The van der Waals surface area contributed by atoms with Gasteiger partial charge in [0, 0.05) is 15.8 Å². The molecule has 1 aromatic carbocycles. The van der Waals surface area contributed by atoms with E-state index in [1.54, 1.807) is 10.7 Å². The number of nitrogens with zero attached hydrogens (tertiary/aromatic N) is 4. The number of aryl methyl sites for hydroxylation is 1. The number of rotatable bonds is 0. The molecule has 0 aliphatic heterocycles. The Balaban J connectivity index is 2.57. The molecule has 0 saturated heterocycles. The summed E-state index contributed by atoms with van der Waals surface area (Å²) in [6, 6.07) is 5.64. The molecule has 2 heterocycles. The Hall–Kier alpha value is -1.68. The number of hydrogen-bond acceptors (Lipinski definition) is 3. The molecule has 0 spiro atoms. The van der Waals surface area contributed by atoms with Crippen molar-refractivity contribution in [2.24, 2.45) is 0 Å². The van der Waals surface area contributed by atoms with Crippen LogP contribution in [0.15, 0.2) is 24.4 Å². The molecule has 3 rings (SSSR count). The van der Waals surface area contributed by atoms with Crippen LogP contribution in [0.1, 0.15) is 5.82 Å². The molecule has 4 nitrogen and oxygen atoms in total. The van der Waals surface area contributed by atoms with E-state index >= 15 is 0 Å². The molecular weight excluding hydrogens is 212 g/mol. The minimum Gasteiger partial charge on any atom is -0.197 e. The molecule has 0 N–H and O–H groups in total. The number of halogens is 1. The Kier molecular flexibility index (Phi) is 1.67. The molecule has 0 aliphatic rings. The summed E-state index contributed by atoms with van der Waals surface area (Å²) in [5, 5.41) is 15.0. The van der Waals surface area contributed by atoms with Crippen molar-refractivity contribution >= 4 is 28.0 Å². The van der Waals surface area contributed by atoms with E-state index in [1.165, 1.54) is 0 Å². The first kappa shape index (κ1) is 8.61. The Morgan fingerprint density at radius 1 is 1.27 bits per heavy atom. The third-order valence-electron chi connectivity index (χ3n) is 2.37. The van der Waals surface area contributed by atoms with E-state index in [0.29, 0.717) is 5.02 Å². The summed E-state index contributed by atoms with van der Waals surface area (Å²) in [6.07, 6.45) is 1.79.